The van der Waals surface area contributed by atoms with Gasteiger partial charge in [-0.2, -0.15) is 0 Å². The molecule has 3 N–H and O–H groups in total. The van der Waals surface area contributed by atoms with E-state index in [0.29, 0.717) is 12.5 Å². The Morgan fingerprint density at radius 2 is 2.45 bits per heavy atom. The maximum absolute atomic E-state index is 10.4. The van der Waals surface area contributed by atoms with Crippen LogP contribution >= 0.6 is 0 Å². The van der Waals surface area contributed by atoms with Crippen LogP contribution in [-0.2, 0) is 4.79 Å². The number of rotatable bonds is 4. The van der Waals surface area contributed by atoms with E-state index in [9.17, 15) is 4.79 Å². The van der Waals surface area contributed by atoms with E-state index in [4.69, 9.17) is 5.73 Å². The molecule has 0 bridgehead atoms. The van der Waals surface area contributed by atoms with Crippen LogP contribution in [0.4, 0.5) is 0 Å². The Hall–Kier alpha value is -0.570. The summed E-state index contributed by atoms with van der Waals surface area (Å²) in [6.45, 7) is 1.14. The van der Waals surface area contributed by atoms with Crippen LogP contribution in [0.25, 0.3) is 0 Å². The lowest BCUT2D eigenvalue weighted by Crippen LogP contribution is -2.21. The molecule has 1 fully saturated rings. The lowest BCUT2D eigenvalue weighted by molar-refractivity contribution is -0.118. The molecule has 1 saturated heterocycles. The molecule has 1 aliphatic heterocycles. The number of carbonyl (C=O) groups excluding carboxylic acids is 1. The van der Waals surface area contributed by atoms with Crippen molar-refractivity contribution >= 4 is 5.91 Å². The van der Waals surface area contributed by atoms with Gasteiger partial charge >= 0.3 is 0 Å². The molecule has 64 valence electrons. The summed E-state index contributed by atoms with van der Waals surface area (Å²) in [6, 6.07) is 0.648. The van der Waals surface area contributed by atoms with E-state index in [0.717, 1.165) is 19.4 Å². The van der Waals surface area contributed by atoms with Gasteiger partial charge in [-0.1, -0.05) is 0 Å². The summed E-state index contributed by atoms with van der Waals surface area (Å²) >= 11 is 0. The second kappa shape index (κ2) is 4.34. The Bertz CT molecular complexity index is 130. The summed E-state index contributed by atoms with van der Waals surface area (Å²) in [4.78, 5) is 10.4. The Kier molecular flexibility index (Phi) is 3.36. The second-order valence-electron chi connectivity index (χ2n) is 3.15. The minimum atomic E-state index is -0.178. The van der Waals surface area contributed by atoms with Gasteiger partial charge in [0.25, 0.3) is 0 Å². The van der Waals surface area contributed by atoms with Gasteiger partial charge in [0.05, 0.1) is 0 Å². The van der Waals surface area contributed by atoms with Gasteiger partial charge < -0.3 is 11.1 Å². The summed E-state index contributed by atoms with van der Waals surface area (Å²) in [7, 11) is 0. The number of hydrogen-bond acceptors (Lipinski definition) is 2. The van der Waals surface area contributed by atoms with Gasteiger partial charge in [-0.25, -0.2) is 0 Å². The second-order valence-corrected chi connectivity index (χ2v) is 3.15. The highest BCUT2D eigenvalue weighted by Crippen LogP contribution is 2.11. The van der Waals surface area contributed by atoms with Gasteiger partial charge in [-0.3, -0.25) is 4.79 Å². The lowest BCUT2D eigenvalue weighted by Gasteiger charge is -2.07. The molecule has 1 aliphatic rings. The summed E-state index contributed by atoms with van der Waals surface area (Å²) < 4.78 is 0. The van der Waals surface area contributed by atoms with E-state index >= 15 is 0 Å². The minimum absolute atomic E-state index is 0.178. The molecular weight excluding hydrogens is 140 g/mol. The van der Waals surface area contributed by atoms with Crippen molar-refractivity contribution in [2.45, 2.75) is 38.1 Å². The van der Waals surface area contributed by atoms with Crippen molar-refractivity contribution in [2.75, 3.05) is 6.54 Å². The zero-order valence-electron chi connectivity index (χ0n) is 6.81. The molecular formula is C8H16N2O. The first-order valence-electron chi connectivity index (χ1n) is 4.31. The number of hydrogen-bond donors (Lipinski definition) is 2. The van der Waals surface area contributed by atoms with Crippen molar-refractivity contribution in [3.8, 4) is 0 Å². The first-order valence-corrected chi connectivity index (χ1v) is 4.31. The molecule has 0 spiro atoms. The summed E-state index contributed by atoms with van der Waals surface area (Å²) in [6.07, 6.45) is 5.12. The van der Waals surface area contributed by atoms with Crippen molar-refractivity contribution in [1.82, 2.24) is 5.32 Å². The van der Waals surface area contributed by atoms with Crippen LogP contribution in [0.5, 0.6) is 0 Å². The molecule has 0 aromatic heterocycles. The fourth-order valence-corrected chi connectivity index (χ4v) is 1.53. The van der Waals surface area contributed by atoms with Gasteiger partial charge in [-0.05, 0) is 32.2 Å². The highest BCUT2D eigenvalue weighted by Gasteiger charge is 2.12. The quantitative estimate of drug-likeness (QED) is 0.618. The molecule has 0 radical (unpaired) electrons. The number of carbonyl (C=O) groups is 1. The Morgan fingerprint density at radius 3 is 3.00 bits per heavy atom. The van der Waals surface area contributed by atoms with E-state index in [-0.39, 0.29) is 5.91 Å². The lowest BCUT2D eigenvalue weighted by atomic mass is 10.1. The van der Waals surface area contributed by atoms with Crippen LogP contribution < -0.4 is 11.1 Å². The van der Waals surface area contributed by atoms with Crippen LogP contribution in [-0.4, -0.2) is 18.5 Å². The molecule has 0 aliphatic carbocycles. The van der Waals surface area contributed by atoms with Gasteiger partial charge in [0.2, 0.25) is 5.91 Å². The standard InChI is InChI=1S/C8H16N2O/c9-8(11)5-1-3-7-4-2-6-10-7/h7,10H,1-6H2,(H2,9,11). The molecule has 0 aromatic rings. The van der Waals surface area contributed by atoms with Crippen LogP contribution in [0.1, 0.15) is 32.1 Å². The zero-order chi connectivity index (χ0) is 8.10. The molecule has 0 aromatic carbocycles. The average Bonchev–Trinajstić information content (AvgIpc) is 2.39. The summed E-state index contributed by atoms with van der Waals surface area (Å²) in [5, 5.41) is 3.38. The van der Waals surface area contributed by atoms with Crippen LogP contribution in [0.3, 0.4) is 0 Å². The monoisotopic (exact) mass is 156 g/mol. The smallest absolute Gasteiger partial charge is 0.217 e. The number of nitrogens with one attached hydrogen (secondary N) is 1. The van der Waals surface area contributed by atoms with Crippen molar-refractivity contribution in [1.29, 1.82) is 0 Å². The predicted molar refractivity (Wildman–Crippen MR) is 44.1 cm³/mol. The molecule has 3 heteroatoms. The molecule has 1 rings (SSSR count). The van der Waals surface area contributed by atoms with Gasteiger partial charge in [-0.15, -0.1) is 0 Å². The molecule has 1 heterocycles. The minimum Gasteiger partial charge on any atom is -0.370 e. The Morgan fingerprint density at radius 1 is 1.64 bits per heavy atom. The van der Waals surface area contributed by atoms with Crippen molar-refractivity contribution in [3.05, 3.63) is 0 Å². The first kappa shape index (κ1) is 8.53. The fourth-order valence-electron chi connectivity index (χ4n) is 1.53. The van der Waals surface area contributed by atoms with E-state index in [2.05, 4.69) is 5.32 Å². The van der Waals surface area contributed by atoms with E-state index in [1.807, 2.05) is 0 Å². The number of amides is 1. The molecule has 1 amide bonds. The summed E-state index contributed by atoms with van der Waals surface area (Å²) in [5.74, 6) is -0.178. The average molecular weight is 156 g/mol. The van der Waals surface area contributed by atoms with Crippen molar-refractivity contribution in [2.24, 2.45) is 5.73 Å². The van der Waals surface area contributed by atoms with Crippen LogP contribution in [0.15, 0.2) is 0 Å². The fraction of sp³-hybridized carbons (Fsp3) is 0.875. The van der Waals surface area contributed by atoms with Gasteiger partial charge in [0.15, 0.2) is 0 Å². The van der Waals surface area contributed by atoms with Crippen LogP contribution in [0, 0.1) is 0 Å². The molecule has 1 unspecified atom stereocenters. The molecule has 11 heavy (non-hydrogen) atoms. The zero-order valence-corrected chi connectivity index (χ0v) is 6.81. The highest BCUT2D eigenvalue weighted by atomic mass is 16.1. The first-order chi connectivity index (χ1) is 5.29. The van der Waals surface area contributed by atoms with Crippen molar-refractivity contribution < 1.29 is 4.79 Å². The topological polar surface area (TPSA) is 55.1 Å². The molecule has 1 atom stereocenters. The maximum atomic E-state index is 10.4. The predicted octanol–water partition coefficient (Wildman–Crippen LogP) is 0.394. The number of nitrogens with two attached hydrogens (primary N) is 1. The highest BCUT2D eigenvalue weighted by molar-refractivity contribution is 5.73. The van der Waals surface area contributed by atoms with Gasteiger partial charge in [0.1, 0.15) is 0 Å². The summed E-state index contributed by atoms with van der Waals surface area (Å²) in [5.41, 5.74) is 5.02. The Balaban J connectivity index is 1.98. The SMILES string of the molecule is NC(=O)CCCC1CCCN1. The van der Waals surface area contributed by atoms with E-state index in [1.54, 1.807) is 0 Å². The normalized spacial score (nSPS) is 23.8. The van der Waals surface area contributed by atoms with Gasteiger partial charge in [0, 0.05) is 12.5 Å². The third-order valence-corrected chi connectivity index (χ3v) is 2.14. The van der Waals surface area contributed by atoms with Crippen LogP contribution in [0.2, 0.25) is 0 Å². The Labute approximate surface area is 67.3 Å². The van der Waals surface area contributed by atoms with E-state index < -0.39 is 0 Å². The maximum Gasteiger partial charge on any atom is 0.217 e. The molecule has 3 nitrogen and oxygen atoms in total. The number of primary amides is 1. The molecule has 0 saturated carbocycles. The van der Waals surface area contributed by atoms with Crippen molar-refractivity contribution in [3.63, 3.8) is 0 Å². The van der Waals surface area contributed by atoms with E-state index in [1.165, 1.54) is 12.8 Å². The largest absolute Gasteiger partial charge is 0.370 e. The third kappa shape index (κ3) is 3.37. The third-order valence-electron chi connectivity index (χ3n) is 2.14.